The van der Waals surface area contributed by atoms with E-state index in [-0.39, 0.29) is 12.0 Å². The Bertz CT molecular complexity index is 779. The summed E-state index contributed by atoms with van der Waals surface area (Å²) in [4.78, 5) is 31.5. The fourth-order valence-corrected chi connectivity index (χ4v) is 4.18. The van der Waals surface area contributed by atoms with Gasteiger partial charge in [0.1, 0.15) is 11.6 Å². The lowest BCUT2D eigenvalue weighted by atomic mass is 9.89. The molecule has 0 aromatic heterocycles. The quantitative estimate of drug-likeness (QED) is 0.796. The molecule has 4 rings (SSSR count). The summed E-state index contributed by atoms with van der Waals surface area (Å²) in [7, 11) is 2.59. The Morgan fingerprint density at radius 1 is 1.22 bits per heavy atom. The average Bonchev–Trinajstić information content (AvgIpc) is 3.26. The number of hydrogen-bond donors (Lipinski definition) is 1. The first-order valence-electron chi connectivity index (χ1n) is 8.79. The van der Waals surface area contributed by atoms with Crippen LogP contribution in [0.1, 0.15) is 24.8 Å². The fraction of sp³-hybridized carbons (Fsp3) is 0.474. The second-order valence-electron chi connectivity index (χ2n) is 7.26. The lowest BCUT2D eigenvalue weighted by molar-refractivity contribution is -0.145. The number of carbonyl (C=O) groups is 2. The number of likely N-dealkylation sites (tertiary alicyclic amines) is 1. The molecule has 3 aliphatic rings. The van der Waals surface area contributed by atoms with Crippen LogP contribution in [0.25, 0.3) is 0 Å². The Morgan fingerprint density at radius 2 is 1.93 bits per heavy atom. The van der Waals surface area contributed by atoms with E-state index in [1.165, 1.54) is 24.7 Å². The monoisotopic (exact) mass is 392 g/mol. The second kappa shape index (κ2) is 6.42. The van der Waals surface area contributed by atoms with Gasteiger partial charge in [0.2, 0.25) is 0 Å². The smallest absolute Gasteiger partial charge is 0.410 e. The molecule has 1 saturated heterocycles. The van der Waals surface area contributed by atoms with Crippen molar-refractivity contribution in [1.29, 1.82) is 0 Å². The van der Waals surface area contributed by atoms with Gasteiger partial charge in [-0.15, -0.1) is 0 Å². The van der Waals surface area contributed by atoms with Crippen LogP contribution in [0.15, 0.2) is 36.0 Å². The summed E-state index contributed by atoms with van der Waals surface area (Å²) in [5, 5.41) is 0.695. The summed E-state index contributed by atoms with van der Waals surface area (Å²) in [6.45, 7) is 0.215. The van der Waals surface area contributed by atoms with Gasteiger partial charge in [0, 0.05) is 22.6 Å². The molecule has 1 amide bonds. The highest BCUT2D eigenvalue weighted by atomic mass is 35.5. The first-order valence-corrected chi connectivity index (χ1v) is 9.17. The molecule has 1 saturated carbocycles. The van der Waals surface area contributed by atoms with E-state index in [9.17, 15) is 9.59 Å². The van der Waals surface area contributed by atoms with E-state index in [0.717, 1.165) is 18.5 Å². The Hall–Kier alpha value is -2.25. The van der Waals surface area contributed by atoms with Crippen molar-refractivity contribution in [2.45, 2.75) is 36.3 Å². The lowest BCUT2D eigenvalue weighted by Crippen LogP contribution is -2.41. The third-order valence-corrected chi connectivity index (χ3v) is 5.92. The number of methoxy groups -OCH3 is 2. The zero-order chi connectivity index (χ0) is 19.2. The van der Waals surface area contributed by atoms with Crippen molar-refractivity contribution in [3.05, 3.63) is 46.6 Å². The Labute approximate surface area is 162 Å². The molecule has 0 radical (unpaired) electrons. The van der Waals surface area contributed by atoms with Crippen molar-refractivity contribution >= 4 is 23.7 Å². The highest BCUT2D eigenvalue weighted by molar-refractivity contribution is 6.30. The summed E-state index contributed by atoms with van der Waals surface area (Å²) < 4.78 is 9.67. The highest BCUT2D eigenvalue weighted by Crippen LogP contribution is 2.55. The van der Waals surface area contributed by atoms with Gasteiger partial charge in [-0.2, -0.15) is 0 Å². The number of ether oxygens (including phenoxy) is 2. The zero-order valence-electron chi connectivity index (χ0n) is 15.2. The molecule has 27 heavy (non-hydrogen) atoms. The number of hydroxylamine groups is 1. The third-order valence-electron chi connectivity index (χ3n) is 5.67. The van der Waals surface area contributed by atoms with Gasteiger partial charge in [-0.3, -0.25) is 15.2 Å². The predicted molar refractivity (Wildman–Crippen MR) is 96.9 cm³/mol. The van der Waals surface area contributed by atoms with Crippen molar-refractivity contribution in [2.75, 3.05) is 20.8 Å². The van der Waals surface area contributed by atoms with Crippen LogP contribution in [0.2, 0.25) is 5.02 Å². The Balaban J connectivity index is 1.62. The van der Waals surface area contributed by atoms with Crippen molar-refractivity contribution in [2.24, 2.45) is 0 Å². The van der Waals surface area contributed by atoms with Crippen LogP contribution in [-0.4, -0.2) is 49.4 Å². The van der Waals surface area contributed by atoms with E-state index in [0.29, 0.717) is 11.4 Å². The minimum Gasteiger partial charge on any atom is -0.467 e. The van der Waals surface area contributed by atoms with Crippen LogP contribution in [0.4, 0.5) is 4.79 Å². The van der Waals surface area contributed by atoms with Crippen LogP contribution in [0, 0.1) is 0 Å². The molecule has 1 aromatic rings. The van der Waals surface area contributed by atoms with Gasteiger partial charge in [0.15, 0.2) is 0 Å². The fourth-order valence-electron chi connectivity index (χ4n) is 4.06. The van der Waals surface area contributed by atoms with Gasteiger partial charge in [-0.05, 0) is 36.6 Å². The number of carbonyl (C=O) groups excluding carboxylic acids is 2. The van der Waals surface area contributed by atoms with Gasteiger partial charge in [0.25, 0.3) is 0 Å². The van der Waals surface area contributed by atoms with Crippen molar-refractivity contribution in [3.8, 4) is 0 Å². The van der Waals surface area contributed by atoms with Gasteiger partial charge in [0.05, 0.1) is 20.8 Å². The van der Waals surface area contributed by atoms with E-state index in [1.807, 2.05) is 30.3 Å². The van der Waals surface area contributed by atoms with E-state index in [1.54, 1.807) is 0 Å². The number of hydrogen-bond acceptors (Lipinski definition) is 6. The number of allylic oxidation sites excluding steroid dienone is 1. The summed E-state index contributed by atoms with van der Waals surface area (Å²) in [5.41, 5.74) is 4.26. The standard InChI is InChI=1S/C19H21ClN2O5/c1-25-16(23)14-9-18(11-22(14)17(24)26-2)10-15(21-27-18)19(7-8-19)12-3-5-13(20)6-4-12/h3-6,10,14,21H,7-9,11H2,1-2H3. The third kappa shape index (κ3) is 2.95. The van der Waals surface area contributed by atoms with Crippen molar-refractivity contribution < 1.29 is 23.9 Å². The molecular formula is C19H21ClN2O5. The molecule has 1 N–H and O–H groups in total. The summed E-state index contributed by atoms with van der Waals surface area (Å²) in [5.74, 6) is -0.485. The maximum absolute atomic E-state index is 12.1. The zero-order valence-corrected chi connectivity index (χ0v) is 15.9. The molecule has 1 aliphatic carbocycles. The number of rotatable bonds is 3. The first-order chi connectivity index (χ1) is 12.9. The molecule has 2 fully saturated rings. The van der Waals surface area contributed by atoms with Crippen LogP contribution < -0.4 is 5.48 Å². The molecule has 2 atom stereocenters. The molecule has 1 spiro atoms. The Kier molecular flexibility index (Phi) is 4.31. The van der Waals surface area contributed by atoms with Crippen molar-refractivity contribution in [3.63, 3.8) is 0 Å². The summed E-state index contributed by atoms with van der Waals surface area (Å²) >= 11 is 6.01. The van der Waals surface area contributed by atoms with Gasteiger partial charge < -0.3 is 9.47 Å². The molecule has 7 nitrogen and oxygen atoms in total. The lowest BCUT2D eigenvalue weighted by Gasteiger charge is -2.21. The Morgan fingerprint density at radius 3 is 2.52 bits per heavy atom. The molecule has 8 heteroatoms. The van der Waals surface area contributed by atoms with E-state index in [4.69, 9.17) is 25.9 Å². The van der Waals surface area contributed by atoms with Crippen molar-refractivity contribution in [1.82, 2.24) is 10.4 Å². The molecule has 2 heterocycles. The maximum Gasteiger partial charge on any atom is 0.410 e. The normalized spacial score (nSPS) is 27.9. The molecule has 144 valence electrons. The summed E-state index contributed by atoms with van der Waals surface area (Å²) in [6, 6.07) is 7.06. The largest absolute Gasteiger partial charge is 0.467 e. The molecule has 2 unspecified atom stereocenters. The number of nitrogens with zero attached hydrogens (tertiary/aromatic N) is 1. The van der Waals surface area contributed by atoms with E-state index >= 15 is 0 Å². The number of benzene rings is 1. The second-order valence-corrected chi connectivity index (χ2v) is 7.69. The predicted octanol–water partition coefficient (Wildman–Crippen LogP) is 2.54. The average molecular weight is 393 g/mol. The molecular weight excluding hydrogens is 372 g/mol. The molecule has 2 aliphatic heterocycles. The van der Waals surface area contributed by atoms with Crippen LogP contribution >= 0.6 is 11.6 Å². The van der Waals surface area contributed by atoms with Gasteiger partial charge in [-0.25, -0.2) is 9.59 Å². The van der Waals surface area contributed by atoms with Crippen LogP contribution in [-0.2, 0) is 24.5 Å². The minimum absolute atomic E-state index is 0.131. The van der Waals surface area contributed by atoms with Gasteiger partial charge in [-0.1, -0.05) is 23.7 Å². The van der Waals surface area contributed by atoms with Crippen LogP contribution in [0.3, 0.4) is 0 Å². The summed E-state index contributed by atoms with van der Waals surface area (Å²) in [6.07, 6.45) is 3.73. The molecule has 0 bridgehead atoms. The topological polar surface area (TPSA) is 77.1 Å². The minimum atomic E-state index is -0.787. The number of nitrogens with one attached hydrogen (secondary N) is 1. The number of amides is 1. The number of esters is 1. The number of halogens is 1. The molecule has 1 aromatic carbocycles. The van der Waals surface area contributed by atoms with Gasteiger partial charge >= 0.3 is 12.1 Å². The SMILES string of the molecule is COC(=O)C1CC2(C=C(C3(c4ccc(Cl)cc4)CC3)NO2)CN1C(=O)OC. The highest BCUT2D eigenvalue weighted by Gasteiger charge is 2.57. The van der Waals surface area contributed by atoms with E-state index < -0.39 is 23.7 Å². The van der Waals surface area contributed by atoms with Crippen LogP contribution in [0.5, 0.6) is 0 Å². The maximum atomic E-state index is 12.1. The van der Waals surface area contributed by atoms with E-state index in [2.05, 4.69) is 5.48 Å². The first kappa shape index (κ1) is 18.1.